The van der Waals surface area contributed by atoms with Gasteiger partial charge in [-0.3, -0.25) is 14.5 Å². The maximum absolute atomic E-state index is 12.6. The molecule has 2 amide bonds. The lowest BCUT2D eigenvalue weighted by Crippen LogP contribution is -2.49. The maximum Gasteiger partial charge on any atom is 0.260 e. The van der Waals surface area contributed by atoms with Crippen molar-refractivity contribution < 1.29 is 19.1 Å². The molecule has 164 valence electrons. The summed E-state index contributed by atoms with van der Waals surface area (Å²) in [4.78, 5) is 30.5. The van der Waals surface area contributed by atoms with E-state index < -0.39 is 0 Å². The predicted molar refractivity (Wildman–Crippen MR) is 118 cm³/mol. The zero-order valence-electron chi connectivity index (χ0n) is 18.0. The van der Waals surface area contributed by atoms with E-state index in [9.17, 15) is 9.59 Å². The summed E-state index contributed by atoms with van der Waals surface area (Å²) in [5.41, 5.74) is 2.07. The van der Waals surface area contributed by atoms with Crippen molar-refractivity contribution in [3.63, 3.8) is 0 Å². The van der Waals surface area contributed by atoms with Crippen molar-refractivity contribution in [2.24, 2.45) is 0 Å². The fraction of sp³-hybridized carbons (Fsp3) is 0.417. The highest BCUT2D eigenvalue weighted by atomic mass is 16.5. The van der Waals surface area contributed by atoms with E-state index in [0.717, 1.165) is 44.0 Å². The summed E-state index contributed by atoms with van der Waals surface area (Å²) in [7, 11) is 1.67. The predicted octanol–water partition coefficient (Wildman–Crippen LogP) is 2.55. The number of amides is 2. The molecule has 2 saturated heterocycles. The van der Waals surface area contributed by atoms with Gasteiger partial charge in [0, 0.05) is 57.4 Å². The first-order valence-electron chi connectivity index (χ1n) is 10.8. The summed E-state index contributed by atoms with van der Waals surface area (Å²) >= 11 is 0. The van der Waals surface area contributed by atoms with Crippen molar-refractivity contribution in [3.8, 4) is 11.5 Å². The maximum atomic E-state index is 12.6. The lowest BCUT2D eigenvalue weighted by Gasteiger charge is -2.34. The lowest BCUT2D eigenvalue weighted by molar-refractivity contribution is -0.135. The van der Waals surface area contributed by atoms with Gasteiger partial charge in [-0.05, 0) is 36.2 Å². The van der Waals surface area contributed by atoms with E-state index in [1.165, 1.54) is 5.56 Å². The number of benzene rings is 2. The van der Waals surface area contributed by atoms with Crippen LogP contribution in [0.3, 0.4) is 0 Å². The summed E-state index contributed by atoms with van der Waals surface area (Å²) in [6, 6.07) is 15.5. The van der Waals surface area contributed by atoms with Crippen molar-refractivity contribution >= 4 is 17.5 Å². The summed E-state index contributed by atoms with van der Waals surface area (Å²) in [6.45, 7) is 4.68. The number of ether oxygens (including phenoxy) is 2. The van der Waals surface area contributed by atoms with Crippen molar-refractivity contribution in [3.05, 3.63) is 54.1 Å². The number of nitrogens with zero attached hydrogens (tertiary/aromatic N) is 3. The summed E-state index contributed by atoms with van der Waals surface area (Å²) in [6.07, 6.45) is 1.47. The molecule has 2 aromatic rings. The number of carbonyl (C=O) groups is 2. The third-order valence-corrected chi connectivity index (χ3v) is 5.86. The molecule has 0 aromatic heterocycles. The average molecular weight is 424 g/mol. The van der Waals surface area contributed by atoms with Gasteiger partial charge in [-0.25, -0.2) is 0 Å². The minimum Gasteiger partial charge on any atom is -0.497 e. The highest BCUT2D eigenvalue weighted by molar-refractivity contribution is 5.95. The highest BCUT2D eigenvalue weighted by Gasteiger charge is 2.23. The van der Waals surface area contributed by atoms with Crippen LogP contribution in [0.2, 0.25) is 0 Å². The largest absolute Gasteiger partial charge is 0.497 e. The van der Waals surface area contributed by atoms with E-state index >= 15 is 0 Å². The molecule has 7 heteroatoms. The van der Waals surface area contributed by atoms with Gasteiger partial charge in [0.2, 0.25) is 5.91 Å². The molecule has 0 saturated carbocycles. The molecule has 4 rings (SSSR count). The molecule has 0 radical (unpaired) electrons. The molecule has 0 N–H and O–H groups in total. The molecule has 2 fully saturated rings. The molecule has 0 unspecified atom stereocenters. The van der Waals surface area contributed by atoms with Crippen molar-refractivity contribution in [1.29, 1.82) is 0 Å². The molecular weight excluding hydrogens is 394 g/mol. The van der Waals surface area contributed by atoms with Crippen LogP contribution in [-0.2, 0) is 16.1 Å². The first-order chi connectivity index (χ1) is 15.1. The Bertz CT molecular complexity index is 907. The number of carbonyl (C=O) groups excluding carboxylic acids is 2. The third kappa shape index (κ3) is 5.35. The second-order valence-corrected chi connectivity index (χ2v) is 7.94. The van der Waals surface area contributed by atoms with Crippen LogP contribution < -0.4 is 14.4 Å². The first-order valence-corrected chi connectivity index (χ1v) is 10.8. The van der Waals surface area contributed by atoms with Crippen LogP contribution in [0, 0.1) is 0 Å². The van der Waals surface area contributed by atoms with Crippen LogP contribution in [0.4, 0.5) is 5.69 Å². The number of hydrogen-bond acceptors (Lipinski definition) is 5. The smallest absolute Gasteiger partial charge is 0.260 e. The number of methoxy groups -OCH3 is 1. The van der Waals surface area contributed by atoms with Crippen LogP contribution in [0.1, 0.15) is 18.4 Å². The Labute approximate surface area is 183 Å². The second-order valence-electron chi connectivity index (χ2n) is 7.94. The van der Waals surface area contributed by atoms with E-state index in [2.05, 4.69) is 17.0 Å². The van der Waals surface area contributed by atoms with Crippen molar-refractivity contribution in [2.45, 2.75) is 19.4 Å². The zero-order valence-corrected chi connectivity index (χ0v) is 18.0. The van der Waals surface area contributed by atoms with Crippen LogP contribution >= 0.6 is 0 Å². The van der Waals surface area contributed by atoms with E-state index in [0.29, 0.717) is 25.3 Å². The van der Waals surface area contributed by atoms with Gasteiger partial charge in [-0.2, -0.15) is 0 Å². The van der Waals surface area contributed by atoms with Gasteiger partial charge in [0.1, 0.15) is 11.5 Å². The van der Waals surface area contributed by atoms with Crippen LogP contribution in [-0.4, -0.2) is 68.1 Å². The number of hydrogen-bond donors (Lipinski definition) is 0. The summed E-state index contributed by atoms with van der Waals surface area (Å²) < 4.78 is 11.0. The minimum atomic E-state index is -0.00764. The number of piperazine rings is 1. The van der Waals surface area contributed by atoms with Gasteiger partial charge in [0.05, 0.1) is 7.11 Å². The average Bonchev–Trinajstić information content (AvgIpc) is 3.24. The lowest BCUT2D eigenvalue weighted by atomic mass is 10.2. The molecule has 7 nitrogen and oxygen atoms in total. The molecule has 0 atom stereocenters. The molecule has 0 spiro atoms. The Hall–Kier alpha value is -3.06. The highest BCUT2D eigenvalue weighted by Crippen LogP contribution is 2.25. The quantitative estimate of drug-likeness (QED) is 0.685. The molecule has 2 heterocycles. The molecule has 2 aliphatic rings. The van der Waals surface area contributed by atoms with E-state index in [-0.39, 0.29) is 18.4 Å². The minimum absolute atomic E-state index is 0.00764. The van der Waals surface area contributed by atoms with Crippen LogP contribution in [0.25, 0.3) is 0 Å². The van der Waals surface area contributed by atoms with Gasteiger partial charge in [-0.1, -0.05) is 18.2 Å². The van der Waals surface area contributed by atoms with Crippen molar-refractivity contribution in [1.82, 2.24) is 9.80 Å². The summed E-state index contributed by atoms with van der Waals surface area (Å²) in [5.74, 6) is 1.60. The third-order valence-electron chi connectivity index (χ3n) is 5.86. The van der Waals surface area contributed by atoms with Gasteiger partial charge < -0.3 is 19.3 Å². The first kappa shape index (κ1) is 21.2. The molecular formula is C24H29N3O4. The van der Waals surface area contributed by atoms with Crippen LogP contribution in [0.15, 0.2) is 48.5 Å². The van der Waals surface area contributed by atoms with Crippen LogP contribution in [0.5, 0.6) is 11.5 Å². The molecule has 0 bridgehead atoms. The molecule has 31 heavy (non-hydrogen) atoms. The second kappa shape index (κ2) is 9.83. The Kier molecular flexibility index (Phi) is 6.72. The van der Waals surface area contributed by atoms with E-state index in [1.54, 1.807) is 12.0 Å². The number of rotatable bonds is 7. The molecule has 2 aliphatic heterocycles. The molecule has 2 aromatic carbocycles. The van der Waals surface area contributed by atoms with E-state index in [4.69, 9.17) is 9.47 Å². The standard InChI is InChI=1S/C24H29N3O4/c1-30-21-9-7-19(8-10-21)17-25-12-14-26(15-13-25)24(29)18-31-22-5-2-4-20(16-22)27-11-3-6-23(27)28/h2,4-5,7-10,16H,3,6,11-15,17-18H2,1H3. The van der Waals surface area contributed by atoms with Gasteiger partial charge in [0.25, 0.3) is 5.91 Å². The normalized spacial score (nSPS) is 17.1. The zero-order chi connectivity index (χ0) is 21.6. The monoisotopic (exact) mass is 423 g/mol. The Morgan fingerprint density at radius 3 is 2.42 bits per heavy atom. The fourth-order valence-electron chi connectivity index (χ4n) is 4.04. The summed E-state index contributed by atoms with van der Waals surface area (Å²) in [5, 5.41) is 0. The van der Waals surface area contributed by atoms with Gasteiger partial charge in [-0.15, -0.1) is 0 Å². The fourth-order valence-corrected chi connectivity index (χ4v) is 4.04. The Morgan fingerprint density at radius 2 is 1.74 bits per heavy atom. The van der Waals surface area contributed by atoms with Crippen molar-refractivity contribution in [2.75, 3.05) is 51.3 Å². The Balaban J connectivity index is 1.23. The number of anilines is 1. The Morgan fingerprint density at radius 1 is 0.968 bits per heavy atom. The van der Waals surface area contributed by atoms with Gasteiger partial charge in [0.15, 0.2) is 6.61 Å². The van der Waals surface area contributed by atoms with Gasteiger partial charge >= 0.3 is 0 Å². The van der Waals surface area contributed by atoms with E-state index in [1.807, 2.05) is 41.3 Å². The topological polar surface area (TPSA) is 62.3 Å². The molecule has 0 aliphatic carbocycles. The SMILES string of the molecule is COc1ccc(CN2CCN(C(=O)COc3cccc(N4CCCC4=O)c3)CC2)cc1.